The van der Waals surface area contributed by atoms with Crippen molar-refractivity contribution in [3.05, 3.63) is 33.3 Å². The summed E-state index contributed by atoms with van der Waals surface area (Å²) in [5, 5.41) is 13.1. The summed E-state index contributed by atoms with van der Waals surface area (Å²) in [5.74, 6) is 0.770. The predicted octanol–water partition coefficient (Wildman–Crippen LogP) is 3.67. The second-order valence-corrected chi connectivity index (χ2v) is 5.35. The first-order valence-electron chi connectivity index (χ1n) is 5.28. The monoisotopic (exact) mass is 298 g/mol. The smallest absolute Gasteiger partial charge is 0.121 e. The molecule has 16 heavy (non-hydrogen) atoms. The highest BCUT2D eigenvalue weighted by molar-refractivity contribution is 9.10. The van der Waals surface area contributed by atoms with Gasteiger partial charge in [0.15, 0.2) is 0 Å². The zero-order valence-corrected chi connectivity index (χ0v) is 11.1. The van der Waals surface area contributed by atoms with E-state index in [0.29, 0.717) is 5.02 Å². The molecule has 1 fully saturated rings. The van der Waals surface area contributed by atoms with Crippen molar-refractivity contribution in [2.75, 3.05) is 6.54 Å². The van der Waals surface area contributed by atoms with Gasteiger partial charge < -0.3 is 0 Å². The van der Waals surface area contributed by atoms with E-state index in [1.54, 1.807) is 0 Å². The van der Waals surface area contributed by atoms with E-state index in [0.717, 1.165) is 22.5 Å². The van der Waals surface area contributed by atoms with Gasteiger partial charge in [-0.05, 0) is 58.9 Å². The van der Waals surface area contributed by atoms with Crippen molar-refractivity contribution in [2.45, 2.75) is 18.9 Å². The van der Waals surface area contributed by atoms with E-state index in [9.17, 15) is 0 Å². The van der Waals surface area contributed by atoms with E-state index < -0.39 is 0 Å². The van der Waals surface area contributed by atoms with Crippen LogP contribution in [-0.2, 0) is 0 Å². The van der Waals surface area contributed by atoms with Crippen molar-refractivity contribution in [1.29, 1.82) is 5.26 Å². The Labute approximate surface area is 109 Å². The maximum atomic E-state index is 9.11. The molecule has 1 aliphatic rings. The molecule has 0 aromatic heterocycles. The number of nitrogens with one attached hydrogen (secondary N) is 1. The minimum Gasteiger partial charge on any atom is -0.298 e. The van der Waals surface area contributed by atoms with Crippen molar-refractivity contribution in [3.63, 3.8) is 0 Å². The van der Waals surface area contributed by atoms with Crippen molar-refractivity contribution in [1.82, 2.24) is 5.32 Å². The first-order chi connectivity index (χ1) is 7.70. The Morgan fingerprint density at radius 1 is 1.56 bits per heavy atom. The highest BCUT2D eigenvalue weighted by atomic mass is 79.9. The van der Waals surface area contributed by atoms with Crippen LogP contribution in [0.2, 0.25) is 5.02 Å². The summed E-state index contributed by atoms with van der Waals surface area (Å²) in [6, 6.07) is 7.63. The highest BCUT2D eigenvalue weighted by Crippen LogP contribution is 2.29. The lowest BCUT2D eigenvalue weighted by Crippen LogP contribution is -2.22. The van der Waals surface area contributed by atoms with Gasteiger partial charge >= 0.3 is 0 Å². The molecule has 1 saturated carbocycles. The van der Waals surface area contributed by atoms with E-state index in [4.69, 9.17) is 16.9 Å². The zero-order chi connectivity index (χ0) is 11.5. The third-order valence-corrected chi connectivity index (χ3v) is 3.93. The molecule has 0 amide bonds. The second kappa shape index (κ2) is 5.18. The van der Waals surface area contributed by atoms with E-state index >= 15 is 0 Å². The van der Waals surface area contributed by atoms with Crippen molar-refractivity contribution < 1.29 is 0 Å². The minimum atomic E-state index is -0.242. The van der Waals surface area contributed by atoms with Gasteiger partial charge in [-0.25, -0.2) is 0 Å². The van der Waals surface area contributed by atoms with Gasteiger partial charge in [-0.2, -0.15) is 5.26 Å². The first-order valence-corrected chi connectivity index (χ1v) is 6.45. The van der Waals surface area contributed by atoms with Gasteiger partial charge in [-0.15, -0.1) is 0 Å². The van der Waals surface area contributed by atoms with Crippen molar-refractivity contribution in [3.8, 4) is 6.07 Å². The third kappa shape index (κ3) is 2.98. The van der Waals surface area contributed by atoms with E-state index in [-0.39, 0.29) is 6.04 Å². The molecule has 4 heteroatoms. The van der Waals surface area contributed by atoms with Gasteiger partial charge in [0.1, 0.15) is 6.04 Å². The quantitative estimate of drug-likeness (QED) is 0.921. The summed E-state index contributed by atoms with van der Waals surface area (Å²) >= 11 is 9.28. The molecule has 1 unspecified atom stereocenters. The molecule has 0 bridgehead atoms. The SMILES string of the molecule is N#CC(NCC1CC1)c1ccc(Cl)c(Br)c1. The molecule has 1 aromatic carbocycles. The molecule has 2 nitrogen and oxygen atoms in total. The van der Waals surface area contributed by atoms with Crippen molar-refractivity contribution in [2.24, 2.45) is 5.92 Å². The Hall–Kier alpha value is -0.560. The summed E-state index contributed by atoms with van der Waals surface area (Å²) in [6.45, 7) is 0.929. The summed E-state index contributed by atoms with van der Waals surface area (Å²) < 4.78 is 0.833. The molecule has 0 spiro atoms. The Bertz CT molecular complexity index is 424. The van der Waals surface area contributed by atoms with Crippen LogP contribution < -0.4 is 5.32 Å². The Balaban J connectivity index is 2.06. The zero-order valence-electron chi connectivity index (χ0n) is 8.71. The number of nitriles is 1. The van der Waals surface area contributed by atoms with Gasteiger partial charge in [-0.1, -0.05) is 17.7 Å². The second-order valence-electron chi connectivity index (χ2n) is 4.09. The molecule has 84 valence electrons. The van der Waals surface area contributed by atoms with Crippen LogP contribution in [0.3, 0.4) is 0 Å². The molecule has 1 N–H and O–H groups in total. The van der Waals surface area contributed by atoms with Crippen LogP contribution in [0.1, 0.15) is 24.4 Å². The van der Waals surface area contributed by atoms with Crippen LogP contribution in [0.4, 0.5) is 0 Å². The summed E-state index contributed by atoms with van der Waals surface area (Å²) in [5.41, 5.74) is 0.958. The van der Waals surface area contributed by atoms with Gasteiger partial charge in [0, 0.05) is 4.47 Å². The first kappa shape index (κ1) is 11.9. The average molecular weight is 300 g/mol. The molecule has 0 radical (unpaired) electrons. The Morgan fingerprint density at radius 3 is 2.88 bits per heavy atom. The minimum absolute atomic E-state index is 0.242. The van der Waals surface area contributed by atoms with Crippen LogP contribution in [-0.4, -0.2) is 6.54 Å². The molecule has 1 aliphatic carbocycles. The molecular weight excluding hydrogens is 288 g/mol. The maximum Gasteiger partial charge on any atom is 0.121 e. The fourth-order valence-electron chi connectivity index (χ4n) is 1.54. The largest absolute Gasteiger partial charge is 0.298 e. The molecule has 1 atom stereocenters. The van der Waals surface area contributed by atoms with Crippen LogP contribution in [0, 0.1) is 17.2 Å². The highest BCUT2D eigenvalue weighted by Gasteiger charge is 2.22. The lowest BCUT2D eigenvalue weighted by atomic mass is 10.1. The van der Waals surface area contributed by atoms with E-state index in [2.05, 4.69) is 27.3 Å². The maximum absolute atomic E-state index is 9.11. The topological polar surface area (TPSA) is 35.8 Å². The number of rotatable bonds is 4. The van der Waals surface area contributed by atoms with Crippen LogP contribution in [0.25, 0.3) is 0 Å². The van der Waals surface area contributed by atoms with Gasteiger partial charge in [0.05, 0.1) is 11.1 Å². The van der Waals surface area contributed by atoms with Gasteiger partial charge in [-0.3, -0.25) is 5.32 Å². The Morgan fingerprint density at radius 2 is 2.31 bits per heavy atom. The average Bonchev–Trinajstić information content (AvgIpc) is 3.08. The summed E-state index contributed by atoms with van der Waals surface area (Å²) in [6.07, 6.45) is 2.57. The third-order valence-electron chi connectivity index (χ3n) is 2.71. The number of halogens is 2. The van der Waals surface area contributed by atoms with Crippen LogP contribution in [0.15, 0.2) is 22.7 Å². The van der Waals surface area contributed by atoms with Crippen LogP contribution in [0.5, 0.6) is 0 Å². The predicted molar refractivity (Wildman–Crippen MR) is 68.2 cm³/mol. The summed E-state index contributed by atoms with van der Waals surface area (Å²) in [4.78, 5) is 0. The van der Waals surface area contributed by atoms with Crippen molar-refractivity contribution >= 4 is 27.5 Å². The fourth-order valence-corrected chi connectivity index (χ4v) is 2.05. The van der Waals surface area contributed by atoms with Crippen LogP contribution >= 0.6 is 27.5 Å². The molecular formula is C12H12BrClN2. The number of hydrogen-bond acceptors (Lipinski definition) is 2. The van der Waals surface area contributed by atoms with E-state index in [1.807, 2.05) is 18.2 Å². The molecule has 2 rings (SSSR count). The molecule has 0 aliphatic heterocycles. The van der Waals surface area contributed by atoms with Gasteiger partial charge in [0.2, 0.25) is 0 Å². The fraction of sp³-hybridized carbons (Fsp3) is 0.417. The molecule has 0 saturated heterocycles. The normalized spacial score (nSPS) is 16.8. The lowest BCUT2D eigenvalue weighted by Gasteiger charge is -2.12. The lowest BCUT2D eigenvalue weighted by molar-refractivity contribution is 0.593. The molecule has 0 heterocycles. The standard InChI is InChI=1S/C12H12BrClN2/c13-10-5-9(3-4-11(10)14)12(6-15)16-7-8-1-2-8/h3-5,8,12,16H,1-2,7H2. The number of nitrogens with zero attached hydrogens (tertiary/aromatic N) is 1. The van der Waals surface area contributed by atoms with Gasteiger partial charge in [0.25, 0.3) is 0 Å². The van der Waals surface area contributed by atoms with E-state index in [1.165, 1.54) is 12.8 Å². The number of benzene rings is 1. The summed E-state index contributed by atoms with van der Waals surface area (Å²) in [7, 11) is 0. The molecule has 1 aromatic rings. The Kier molecular flexibility index (Phi) is 3.86. The number of hydrogen-bond donors (Lipinski definition) is 1.